The first-order valence-electron chi connectivity index (χ1n) is 8.83. The van der Waals surface area contributed by atoms with E-state index in [1.807, 2.05) is 24.3 Å². The molecule has 0 aliphatic heterocycles. The van der Waals surface area contributed by atoms with E-state index in [-0.39, 0.29) is 17.7 Å². The van der Waals surface area contributed by atoms with E-state index in [4.69, 9.17) is 10.1 Å². The van der Waals surface area contributed by atoms with Crippen LogP contribution in [0.4, 0.5) is 0 Å². The van der Waals surface area contributed by atoms with Crippen molar-refractivity contribution in [3.63, 3.8) is 0 Å². The van der Waals surface area contributed by atoms with Crippen molar-refractivity contribution < 1.29 is 29.7 Å². The van der Waals surface area contributed by atoms with Gasteiger partial charge < -0.3 is 10.4 Å². The fraction of sp³-hybridized carbons (Fsp3) is 0.300. The average molecular weight is 388 g/mol. The highest BCUT2D eigenvalue weighted by atomic mass is 17.1. The van der Waals surface area contributed by atoms with Crippen molar-refractivity contribution in [2.75, 3.05) is 13.1 Å². The second kappa shape index (κ2) is 11.2. The molecule has 0 fully saturated rings. The number of carbonyl (C=O) groups is 2. The molecule has 2 aromatic carbocycles. The summed E-state index contributed by atoms with van der Waals surface area (Å²) in [6.07, 6.45) is 0.599. The summed E-state index contributed by atoms with van der Waals surface area (Å²) in [5, 5.41) is 20.5. The van der Waals surface area contributed by atoms with Crippen LogP contribution in [0.3, 0.4) is 0 Å². The summed E-state index contributed by atoms with van der Waals surface area (Å²) in [5.41, 5.74) is 5.43. The first-order valence-corrected chi connectivity index (χ1v) is 8.83. The number of nitrogens with one attached hydrogen (secondary N) is 2. The van der Waals surface area contributed by atoms with Crippen LogP contribution in [0.1, 0.15) is 43.8 Å². The number of hydrogen-bond donors (Lipinski definition) is 4. The number of hydrogen-bond acceptors (Lipinski definition) is 6. The number of aromatic carboxylic acids is 1. The predicted octanol–water partition coefficient (Wildman–Crippen LogP) is 2.52. The number of rotatable bonds is 11. The number of benzene rings is 2. The SMILES string of the molecule is Cc1ccc(C(=O)NCCCNOCc2ccccc2COO)c(C(=O)O)c1. The van der Waals surface area contributed by atoms with E-state index in [0.717, 1.165) is 16.7 Å². The molecule has 150 valence electrons. The largest absolute Gasteiger partial charge is 0.478 e. The van der Waals surface area contributed by atoms with Crippen molar-refractivity contribution >= 4 is 11.9 Å². The van der Waals surface area contributed by atoms with E-state index in [2.05, 4.69) is 15.7 Å². The Morgan fingerprint density at radius 1 is 1.00 bits per heavy atom. The Hall–Kier alpha value is -2.78. The molecule has 0 atom stereocenters. The van der Waals surface area contributed by atoms with Gasteiger partial charge in [0.1, 0.15) is 6.61 Å². The van der Waals surface area contributed by atoms with Gasteiger partial charge in [0.15, 0.2) is 0 Å². The second-order valence-electron chi connectivity index (χ2n) is 6.19. The molecular formula is C20H24N2O6. The number of carbonyl (C=O) groups excluding carboxylic acids is 1. The van der Waals surface area contributed by atoms with Crippen molar-refractivity contribution in [3.05, 3.63) is 70.3 Å². The molecule has 0 aliphatic carbocycles. The summed E-state index contributed by atoms with van der Waals surface area (Å²) in [7, 11) is 0. The van der Waals surface area contributed by atoms with Crippen molar-refractivity contribution in [2.45, 2.75) is 26.6 Å². The molecular weight excluding hydrogens is 364 g/mol. The lowest BCUT2D eigenvalue weighted by Gasteiger charge is -2.10. The molecule has 0 unspecified atom stereocenters. The molecule has 8 nitrogen and oxygen atoms in total. The first-order chi connectivity index (χ1) is 13.5. The molecule has 0 saturated heterocycles. The lowest BCUT2D eigenvalue weighted by molar-refractivity contribution is -0.253. The van der Waals surface area contributed by atoms with Gasteiger partial charge in [-0.05, 0) is 36.6 Å². The van der Waals surface area contributed by atoms with Gasteiger partial charge in [-0.1, -0.05) is 35.9 Å². The van der Waals surface area contributed by atoms with Crippen LogP contribution in [0.25, 0.3) is 0 Å². The summed E-state index contributed by atoms with van der Waals surface area (Å²) in [5.74, 6) is -1.55. The minimum Gasteiger partial charge on any atom is -0.478 e. The van der Waals surface area contributed by atoms with Crippen molar-refractivity contribution in [1.82, 2.24) is 10.8 Å². The molecule has 2 rings (SSSR count). The minimum absolute atomic E-state index is 0.00974. The van der Waals surface area contributed by atoms with E-state index >= 15 is 0 Å². The third kappa shape index (κ3) is 6.43. The van der Waals surface area contributed by atoms with Gasteiger partial charge in [-0.15, -0.1) is 0 Å². The summed E-state index contributed by atoms with van der Waals surface area (Å²) >= 11 is 0. The van der Waals surface area contributed by atoms with E-state index in [9.17, 15) is 14.7 Å². The van der Waals surface area contributed by atoms with Crippen LogP contribution in [0.5, 0.6) is 0 Å². The Morgan fingerprint density at radius 3 is 2.39 bits per heavy atom. The maximum absolute atomic E-state index is 12.2. The van der Waals surface area contributed by atoms with Gasteiger partial charge in [-0.2, -0.15) is 0 Å². The Balaban J connectivity index is 1.70. The number of carboxylic acid groups (broad SMARTS) is 1. The maximum atomic E-state index is 12.2. The highest BCUT2D eigenvalue weighted by Crippen LogP contribution is 2.12. The van der Waals surface area contributed by atoms with Crippen LogP contribution in [0, 0.1) is 6.92 Å². The van der Waals surface area contributed by atoms with Crippen molar-refractivity contribution in [1.29, 1.82) is 0 Å². The van der Waals surface area contributed by atoms with Gasteiger partial charge in [-0.25, -0.2) is 15.2 Å². The Kier molecular flexibility index (Phi) is 8.57. The molecule has 28 heavy (non-hydrogen) atoms. The monoisotopic (exact) mass is 388 g/mol. The molecule has 0 bridgehead atoms. The van der Waals surface area contributed by atoms with Crippen LogP contribution in [-0.4, -0.2) is 35.3 Å². The third-order valence-electron chi connectivity index (χ3n) is 4.06. The van der Waals surface area contributed by atoms with Crippen LogP contribution in [0.15, 0.2) is 42.5 Å². The van der Waals surface area contributed by atoms with Crippen molar-refractivity contribution in [3.8, 4) is 0 Å². The number of amides is 1. The molecule has 0 radical (unpaired) electrons. The topological polar surface area (TPSA) is 117 Å². The molecule has 0 aliphatic rings. The average Bonchev–Trinajstić information content (AvgIpc) is 2.68. The number of carboxylic acids is 1. The van der Waals surface area contributed by atoms with Gasteiger partial charge in [-0.3, -0.25) is 14.9 Å². The van der Waals surface area contributed by atoms with Crippen LogP contribution < -0.4 is 10.8 Å². The third-order valence-corrected chi connectivity index (χ3v) is 4.06. The quantitative estimate of drug-likeness (QED) is 0.265. The fourth-order valence-corrected chi connectivity index (χ4v) is 2.60. The zero-order chi connectivity index (χ0) is 20.4. The molecule has 2 aromatic rings. The highest BCUT2D eigenvalue weighted by molar-refractivity contribution is 6.04. The molecule has 0 saturated carbocycles. The molecule has 1 amide bonds. The second-order valence-corrected chi connectivity index (χ2v) is 6.19. The summed E-state index contributed by atoms with van der Waals surface area (Å²) < 4.78 is 0. The lowest BCUT2D eigenvalue weighted by Crippen LogP contribution is -2.28. The number of hydroxylamine groups is 1. The zero-order valence-electron chi connectivity index (χ0n) is 15.6. The van der Waals surface area contributed by atoms with Gasteiger partial charge in [0.05, 0.1) is 17.7 Å². The molecule has 4 N–H and O–H groups in total. The number of aryl methyl sites for hydroxylation is 1. The highest BCUT2D eigenvalue weighted by Gasteiger charge is 2.16. The maximum Gasteiger partial charge on any atom is 0.336 e. The molecule has 0 spiro atoms. The first kappa shape index (κ1) is 21.5. The van der Waals surface area contributed by atoms with Crippen LogP contribution in [0.2, 0.25) is 0 Å². The fourth-order valence-electron chi connectivity index (χ4n) is 2.60. The van der Waals surface area contributed by atoms with E-state index < -0.39 is 11.9 Å². The van der Waals surface area contributed by atoms with Gasteiger partial charge in [0.25, 0.3) is 5.91 Å². The standard InChI is InChI=1S/C20H24N2O6/c1-14-7-8-17(18(11-14)20(24)25)19(23)21-9-4-10-22-27-12-15-5-2-3-6-16(15)13-28-26/h2-3,5-8,11,22,26H,4,9-10,12-13H2,1H3,(H,21,23)(H,24,25). The van der Waals surface area contributed by atoms with Gasteiger partial charge >= 0.3 is 5.97 Å². The zero-order valence-corrected chi connectivity index (χ0v) is 15.6. The van der Waals surface area contributed by atoms with Gasteiger partial charge in [0, 0.05) is 13.1 Å². The van der Waals surface area contributed by atoms with Crippen LogP contribution in [-0.2, 0) is 22.9 Å². The van der Waals surface area contributed by atoms with E-state index in [1.165, 1.54) is 12.1 Å². The summed E-state index contributed by atoms with van der Waals surface area (Å²) in [6, 6.07) is 12.1. The normalized spacial score (nSPS) is 10.6. The molecule has 8 heteroatoms. The lowest BCUT2D eigenvalue weighted by atomic mass is 10.0. The van der Waals surface area contributed by atoms with Crippen LogP contribution >= 0.6 is 0 Å². The Morgan fingerprint density at radius 2 is 1.71 bits per heavy atom. The predicted molar refractivity (Wildman–Crippen MR) is 102 cm³/mol. The molecule has 0 heterocycles. The summed E-state index contributed by atoms with van der Waals surface area (Å²) in [4.78, 5) is 33.0. The summed E-state index contributed by atoms with van der Waals surface area (Å²) in [6.45, 7) is 3.03. The smallest absolute Gasteiger partial charge is 0.336 e. The van der Waals surface area contributed by atoms with Crippen molar-refractivity contribution in [2.24, 2.45) is 0 Å². The van der Waals surface area contributed by atoms with E-state index in [1.54, 1.807) is 13.0 Å². The Bertz CT molecular complexity index is 809. The Labute approximate surface area is 163 Å². The van der Waals surface area contributed by atoms with Gasteiger partial charge in [0.2, 0.25) is 0 Å². The van der Waals surface area contributed by atoms with E-state index in [0.29, 0.717) is 26.1 Å². The minimum atomic E-state index is -1.13. The molecule has 0 aromatic heterocycles.